The number of benzene rings is 1. The van der Waals surface area contributed by atoms with Crippen molar-refractivity contribution in [2.24, 2.45) is 5.73 Å². The van der Waals surface area contributed by atoms with Crippen LogP contribution in [-0.2, 0) is 5.54 Å². The molecule has 1 aromatic rings. The van der Waals surface area contributed by atoms with Crippen LogP contribution in [0.1, 0.15) is 18.1 Å². The molecule has 0 radical (unpaired) electrons. The number of phenols is 1. The molecule has 0 spiro atoms. The highest BCUT2D eigenvalue weighted by Crippen LogP contribution is 2.25. The van der Waals surface area contributed by atoms with E-state index >= 15 is 0 Å². The summed E-state index contributed by atoms with van der Waals surface area (Å²) < 4.78 is 0. The fourth-order valence-corrected chi connectivity index (χ4v) is 1.36. The van der Waals surface area contributed by atoms with Gasteiger partial charge in [0.15, 0.2) is 0 Å². The lowest BCUT2D eigenvalue weighted by Gasteiger charge is -2.22. The summed E-state index contributed by atoms with van der Waals surface area (Å²) in [4.78, 5) is 0. The van der Waals surface area contributed by atoms with Crippen LogP contribution >= 0.6 is 0 Å². The lowest BCUT2D eigenvalue weighted by Crippen LogP contribution is -2.30. The smallest absolute Gasteiger partial charge is 0.115 e. The van der Waals surface area contributed by atoms with Gasteiger partial charge in [-0.2, -0.15) is 0 Å². The number of hydrogen-bond acceptors (Lipinski definition) is 2. The largest absolute Gasteiger partial charge is 0.508 e. The SMILES string of the molecule is C=C[C@](C)(N)c1ccc(O)cc1C. The van der Waals surface area contributed by atoms with Gasteiger partial charge in [0.2, 0.25) is 0 Å². The Bertz CT molecular complexity index is 329. The fourth-order valence-electron chi connectivity index (χ4n) is 1.36. The fraction of sp³-hybridized carbons (Fsp3) is 0.273. The van der Waals surface area contributed by atoms with Gasteiger partial charge >= 0.3 is 0 Å². The molecule has 2 nitrogen and oxygen atoms in total. The van der Waals surface area contributed by atoms with Crippen molar-refractivity contribution in [1.29, 1.82) is 0 Å². The summed E-state index contributed by atoms with van der Waals surface area (Å²) in [6.07, 6.45) is 1.70. The Labute approximate surface area is 78.7 Å². The minimum atomic E-state index is -0.530. The van der Waals surface area contributed by atoms with Gasteiger partial charge in [-0.3, -0.25) is 0 Å². The van der Waals surface area contributed by atoms with Crippen molar-refractivity contribution in [2.45, 2.75) is 19.4 Å². The molecule has 1 atom stereocenters. The molecule has 0 saturated carbocycles. The van der Waals surface area contributed by atoms with Gasteiger partial charge in [-0.25, -0.2) is 0 Å². The number of rotatable bonds is 2. The number of nitrogens with two attached hydrogens (primary N) is 1. The molecule has 0 bridgehead atoms. The quantitative estimate of drug-likeness (QED) is 0.679. The van der Waals surface area contributed by atoms with E-state index < -0.39 is 5.54 Å². The maximum absolute atomic E-state index is 9.21. The highest BCUT2D eigenvalue weighted by Gasteiger charge is 2.18. The van der Waals surface area contributed by atoms with Crippen molar-refractivity contribution in [3.05, 3.63) is 42.0 Å². The molecule has 1 aromatic carbocycles. The highest BCUT2D eigenvalue weighted by molar-refractivity contribution is 5.39. The van der Waals surface area contributed by atoms with Crippen molar-refractivity contribution in [3.8, 4) is 5.75 Å². The van der Waals surface area contributed by atoms with Crippen LogP contribution in [0.5, 0.6) is 5.75 Å². The molecular formula is C11H15NO. The van der Waals surface area contributed by atoms with E-state index in [-0.39, 0.29) is 5.75 Å². The van der Waals surface area contributed by atoms with Gasteiger partial charge in [-0.15, -0.1) is 6.58 Å². The van der Waals surface area contributed by atoms with Crippen molar-refractivity contribution in [2.75, 3.05) is 0 Å². The van der Waals surface area contributed by atoms with Gasteiger partial charge in [0, 0.05) is 0 Å². The first kappa shape index (κ1) is 9.81. The van der Waals surface area contributed by atoms with Crippen LogP contribution in [0.3, 0.4) is 0 Å². The molecular weight excluding hydrogens is 162 g/mol. The maximum Gasteiger partial charge on any atom is 0.115 e. The van der Waals surface area contributed by atoms with Crippen LogP contribution in [-0.4, -0.2) is 5.11 Å². The molecule has 70 valence electrons. The second-order valence-electron chi connectivity index (χ2n) is 3.49. The van der Waals surface area contributed by atoms with E-state index in [1.54, 1.807) is 18.2 Å². The first-order valence-electron chi connectivity index (χ1n) is 4.20. The Morgan fingerprint density at radius 1 is 1.54 bits per heavy atom. The molecule has 0 unspecified atom stereocenters. The summed E-state index contributed by atoms with van der Waals surface area (Å²) in [5, 5.41) is 9.21. The van der Waals surface area contributed by atoms with Gasteiger partial charge in [0.25, 0.3) is 0 Å². The van der Waals surface area contributed by atoms with E-state index in [1.807, 2.05) is 19.9 Å². The average Bonchev–Trinajstić information content (AvgIpc) is 2.03. The number of phenolic OH excluding ortho intramolecular Hbond substituents is 1. The zero-order chi connectivity index (χ0) is 10.1. The molecule has 0 aliphatic heterocycles. The van der Waals surface area contributed by atoms with E-state index in [2.05, 4.69) is 6.58 Å². The summed E-state index contributed by atoms with van der Waals surface area (Å²) in [6, 6.07) is 5.16. The standard InChI is InChI=1S/C11H15NO/c1-4-11(3,12)10-6-5-9(13)7-8(10)2/h4-7,13H,1,12H2,2-3H3/t11-/m0/s1. The Hall–Kier alpha value is -1.28. The summed E-state index contributed by atoms with van der Waals surface area (Å²) in [7, 11) is 0. The molecule has 0 aliphatic rings. The van der Waals surface area contributed by atoms with Gasteiger partial charge in [-0.1, -0.05) is 12.1 Å². The van der Waals surface area contributed by atoms with Crippen molar-refractivity contribution < 1.29 is 5.11 Å². The number of aryl methyl sites for hydroxylation is 1. The van der Waals surface area contributed by atoms with Gasteiger partial charge in [0.1, 0.15) is 5.75 Å². The van der Waals surface area contributed by atoms with E-state index in [9.17, 15) is 5.11 Å². The minimum Gasteiger partial charge on any atom is -0.508 e. The Balaban J connectivity index is 3.23. The second-order valence-corrected chi connectivity index (χ2v) is 3.49. The predicted octanol–water partition coefficient (Wildman–Crippen LogP) is 2.06. The third kappa shape index (κ3) is 1.90. The van der Waals surface area contributed by atoms with E-state index in [1.165, 1.54) is 0 Å². The summed E-state index contributed by atoms with van der Waals surface area (Å²) in [6.45, 7) is 7.49. The summed E-state index contributed by atoms with van der Waals surface area (Å²) in [5.41, 5.74) is 7.42. The van der Waals surface area contributed by atoms with Crippen molar-refractivity contribution >= 4 is 0 Å². The van der Waals surface area contributed by atoms with Crippen molar-refractivity contribution in [1.82, 2.24) is 0 Å². The zero-order valence-corrected chi connectivity index (χ0v) is 8.04. The number of hydrogen-bond donors (Lipinski definition) is 2. The Morgan fingerprint density at radius 3 is 2.62 bits per heavy atom. The average molecular weight is 177 g/mol. The van der Waals surface area contributed by atoms with E-state index in [0.717, 1.165) is 11.1 Å². The Kier molecular flexibility index (Phi) is 2.43. The first-order chi connectivity index (χ1) is 5.97. The third-order valence-electron chi connectivity index (χ3n) is 2.21. The summed E-state index contributed by atoms with van der Waals surface area (Å²) in [5.74, 6) is 0.265. The molecule has 0 amide bonds. The molecule has 0 saturated heterocycles. The van der Waals surface area contributed by atoms with E-state index in [4.69, 9.17) is 5.73 Å². The molecule has 3 N–H and O–H groups in total. The molecule has 0 aliphatic carbocycles. The molecule has 13 heavy (non-hydrogen) atoms. The highest BCUT2D eigenvalue weighted by atomic mass is 16.3. The molecule has 0 aromatic heterocycles. The normalized spacial score (nSPS) is 15.0. The van der Waals surface area contributed by atoms with Gasteiger partial charge in [0.05, 0.1) is 5.54 Å². The van der Waals surface area contributed by atoms with E-state index in [0.29, 0.717) is 0 Å². The minimum absolute atomic E-state index is 0.265. The van der Waals surface area contributed by atoms with Crippen LogP contribution < -0.4 is 5.73 Å². The van der Waals surface area contributed by atoms with Gasteiger partial charge < -0.3 is 10.8 Å². The van der Waals surface area contributed by atoms with Crippen LogP contribution in [0.25, 0.3) is 0 Å². The van der Waals surface area contributed by atoms with Crippen LogP contribution in [0.15, 0.2) is 30.9 Å². The predicted molar refractivity (Wildman–Crippen MR) is 54.6 cm³/mol. The number of aromatic hydroxyl groups is 1. The zero-order valence-electron chi connectivity index (χ0n) is 8.04. The maximum atomic E-state index is 9.21. The second kappa shape index (κ2) is 3.23. The van der Waals surface area contributed by atoms with Crippen LogP contribution in [0.2, 0.25) is 0 Å². The Morgan fingerprint density at radius 2 is 2.15 bits per heavy atom. The van der Waals surface area contributed by atoms with Crippen molar-refractivity contribution in [3.63, 3.8) is 0 Å². The topological polar surface area (TPSA) is 46.2 Å². The van der Waals surface area contributed by atoms with Gasteiger partial charge in [-0.05, 0) is 37.1 Å². The molecule has 2 heteroatoms. The lowest BCUT2D eigenvalue weighted by molar-refractivity contribution is 0.473. The molecule has 0 heterocycles. The summed E-state index contributed by atoms with van der Waals surface area (Å²) >= 11 is 0. The first-order valence-corrected chi connectivity index (χ1v) is 4.20. The van der Waals surface area contributed by atoms with Crippen LogP contribution in [0, 0.1) is 6.92 Å². The lowest BCUT2D eigenvalue weighted by atomic mass is 9.90. The van der Waals surface area contributed by atoms with Crippen LogP contribution in [0.4, 0.5) is 0 Å². The molecule has 1 rings (SSSR count). The monoisotopic (exact) mass is 177 g/mol. The molecule has 0 fully saturated rings. The third-order valence-corrected chi connectivity index (χ3v) is 2.21.